The zero-order valence-corrected chi connectivity index (χ0v) is 18.6. The third kappa shape index (κ3) is 5.33. The Morgan fingerprint density at radius 1 is 1.36 bits per heavy atom. The number of hydrogen-bond acceptors (Lipinski definition) is 7. The summed E-state index contributed by atoms with van der Waals surface area (Å²) < 4.78 is 13.9. The summed E-state index contributed by atoms with van der Waals surface area (Å²) in [7, 11) is 0. The fourth-order valence-corrected chi connectivity index (χ4v) is 5.08. The summed E-state index contributed by atoms with van der Waals surface area (Å²) in [6.45, 7) is 5.75. The van der Waals surface area contributed by atoms with E-state index in [1.165, 1.54) is 11.8 Å². The van der Waals surface area contributed by atoms with Crippen molar-refractivity contribution in [3.63, 3.8) is 0 Å². The number of aliphatic hydroxyl groups excluding tert-OH is 3. The molecule has 0 aromatic heterocycles. The Morgan fingerprint density at radius 2 is 2.04 bits per heavy atom. The quantitative estimate of drug-likeness (QED) is 0.414. The average Bonchev–Trinajstić information content (AvgIpc) is 3.09. The molecule has 2 rings (SSSR count). The molecule has 2 aliphatic rings. The van der Waals surface area contributed by atoms with Crippen LogP contribution in [-0.2, 0) is 9.53 Å². The van der Waals surface area contributed by atoms with Gasteiger partial charge in [-0.2, -0.15) is 0 Å². The van der Waals surface area contributed by atoms with Gasteiger partial charge in [0.25, 0.3) is 0 Å². The molecule has 28 heavy (non-hydrogen) atoms. The van der Waals surface area contributed by atoms with E-state index in [-0.39, 0.29) is 5.91 Å². The lowest BCUT2D eigenvalue weighted by Crippen LogP contribution is -2.65. The number of likely N-dealkylation sites (N-methyl/N-ethyl adjacent to an activating group) is 1. The van der Waals surface area contributed by atoms with Crippen molar-refractivity contribution in [3.8, 4) is 0 Å². The number of hydrogen-bond donors (Lipinski definition) is 4. The minimum Gasteiger partial charge on any atom is -0.388 e. The number of halogens is 1. The molecule has 4 N–H and O–H groups in total. The molecule has 0 bridgehead atoms. The summed E-state index contributed by atoms with van der Waals surface area (Å²) >= 11 is 7.55. The summed E-state index contributed by atoms with van der Waals surface area (Å²) in [5.41, 5.74) is -0.738. The predicted octanol–water partition coefficient (Wildman–Crippen LogP) is 0.780. The van der Waals surface area contributed by atoms with E-state index in [4.69, 9.17) is 17.7 Å². The van der Waals surface area contributed by atoms with Crippen molar-refractivity contribution in [2.24, 2.45) is 5.92 Å². The Labute approximate surface area is 178 Å². The zero-order chi connectivity index (χ0) is 21.9. The molecule has 0 radical (unpaired) electrons. The summed E-state index contributed by atoms with van der Waals surface area (Å²) in [6.07, 6.45) is -0.541. The molecule has 10 atom stereocenters. The Balaban J connectivity index is 2.16. The number of carbonyl (C=O) groups is 1. The van der Waals surface area contributed by atoms with Gasteiger partial charge in [0.15, 0.2) is 0 Å². The zero-order valence-electron chi connectivity index (χ0n) is 18.0. The number of thioether (sulfide) groups is 1. The highest BCUT2D eigenvalue weighted by molar-refractivity contribution is 7.99. The highest BCUT2D eigenvalue weighted by atomic mass is 35.5. The van der Waals surface area contributed by atoms with Crippen molar-refractivity contribution < 1.29 is 26.2 Å². The fraction of sp³-hybridized carbons (Fsp3) is 0.947. The van der Waals surface area contributed by atoms with E-state index in [0.29, 0.717) is 18.9 Å². The van der Waals surface area contributed by atoms with Crippen LogP contribution in [0.15, 0.2) is 0 Å². The maximum Gasteiger partial charge on any atom is 0.237 e. The van der Waals surface area contributed by atoms with Gasteiger partial charge in [0.1, 0.15) is 29.9 Å². The molecule has 0 aromatic rings. The van der Waals surface area contributed by atoms with Crippen LogP contribution in [0.25, 0.3) is 0 Å². The topological polar surface area (TPSA) is 102 Å². The van der Waals surface area contributed by atoms with Crippen molar-refractivity contribution >= 4 is 29.3 Å². The van der Waals surface area contributed by atoms with Gasteiger partial charge in [0.2, 0.25) is 5.91 Å². The molecule has 164 valence electrons. The molecule has 2 saturated heterocycles. The maximum atomic E-state index is 13.1. The molecule has 2 fully saturated rings. The number of alkyl halides is 1. The summed E-state index contributed by atoms with van der Waals surface area (Å²) in [5, 5.41) is 33.1. The monoisotopic (exact) mass is 439 g/mol. The molecule has 0 spiro atoms. The number of likely N-dealkylation sites (tertiary alicyclic amines) is 1. The van der Waals surface area contributed by atoms with Gasteiger partial charge in [0.05, 0.1) is 17.5 Å². The van der Waals surface area contributed by atoms with Crippen molar-refractivity contribution in [2.45, 2.75) is 87.3 Å². The van der Waals surface area contributed by atoms with Crippen molar-refractivity contribution in [3.05, 3.63) is 0 Å². The van der Waals surface area contributed by atoms with Crippen LogP contribution in [-0.4, -0.2) is 92.8 Å². The Kier molecular flexibility index (Phi) is 8.71. The van der Waals surface area contributed by atoms with E-state index in [1.807, 2.05) is 4.90 Å². The lowest BCUT2D eigenvalue weighted by atomic mass is 9.92. The summed E-state index contributed by atoms with van der Waals surface area (Å²) in [4.78, 5) is 15.0. The van der Waals surface area contributed by atoms with Gasteiger partial charge in [-0.25, -0.2) is 0 Å². The highest BCUT2D eigenvalue weighted by Crippen LogP contribution is 2.31. The van der Waals surface area contributed by atoms with Crippen LogP contribution in [0.3, 0.4) is 0 Å². The number of ether oxygens (including phenoxy) is 1. The second-order valence-electron chi connectivity index (χ2n) is 7.75. The Bertz CT molecular complexity index is 545. The minimum atomic E-state index is -1.40. The third-order valence-corrected chi connectivity index (χ3v) is 6.88. The van der Waals surface area contributed by atoms with Crippen molar-refractivity contribution in [1.82, 2.24) is 10.2 Å². The SMILES string of the molecule is [2H]C(C)N1C[C@H](CCC)C[C@H]1C(=O)N[C@@H]([C@H]1O[C@H](SC)[C@H](O)[C@@H](O)[C@H]1O)[C@H](C)Cl. The fourth-order valence-electron chi connectivity index (χ4n) is 4.20. The molecular weight excluding hydrogens is 404 g/mol. The number of aliphatic hydroxyl groups is 3. The smallest absolute Gasteiger partial charge is 0.237 e. The average molecular weight is 440 g/mol. The highest BCUT2D eigenvalue weighted by Gasteiger charge is 2.48. The van der Waals surface area contributed by atoms with Crippen LogP contribution >= 0.6 is 23.4 Å². The second-order valence-corrected chi connectivity index (χ2v) is 9.37. The molecule has 1 amide bonds. The van der Waals surface area contributed by atoms with E-state index in [9.17, 15) is 20.1 Å². The van der Waals surface area contributed by atoms with Crippen molar-refractivity contribution in [1.29, 1.82) is 0 Å². The van der Waals surface area contributed by atoms with Gasteiger partial charge in [-0.15, -0.1) is 23.4 Å². The van der Waals surface area contributed by atoms with Crippen LogP contribution in [0.4, 0.5) is 0 Å². The molecule has 0 aromatic carbocycles. The first-order valence-corrected chi connectivity index (χ1v) is 11.7. The van der Waals surface area contributed by atoms with Crippen molar-refractivity contribution in [2.75, 3.05) is 19.3 Å². The summed E-state index contributed by atoms with van der Waals surface area (Å²) in [6, 6.07) is -1.20. The standard InChI is InChI=1S/C19H35ClN2O5S/c1-5-7-11-8-12(22(6-2)9-11)18(26)21-13(10(3)20)17-15(24)14(23)16(25)19(27-17)28-4/h10-17,19,23-25H,5-9H2,1-4H3,(H,21,26)/t10-,11+,12-,13+,14-,15+,16+,17+,19+/m0/s1/i6D/t6?,10-,11+,12-,13+,14-,15+,16+,17+,19+. The minimum absolute atomic E-state index is 0.252. The second kappa shape index (κ2) is 10.8. The lowest BCUT2D eigenvalue weighted by molar-refractivity contribution is -0.205. The van der Waals surface area contributed by atoms with E-state index in [2.05, 4.69) is 12.2 Å². The third-order valence-electron chi connectivity index (χ3n) is 5.75. The first kappa shape index (κ1) is 22.6. The largest absolute Gasteiger partial charge is 0.388 e. The van der Waals surface area contributed by atoms with E-state index >= 15 is 0 Å². The molecule has 0 aliphatic carbocycles. The molecule has 9 heteroatoms. The van der Waals surface area contributed by atoms with Gasteiger partial charge in [0, 0.05) is 7.92 Å². The van der Waals surface area contributed by atoms with Crippen LogP contribution in [0.5, 0.6) is 0 Å². The molecule has 0 saturated carbocycles. The number of carbonyl (C=O) groups excluding carboxylic acids is 1. The number of amides is 1. The summed E-state index contributed by atoms with van der Waals surface area (Å²) in [5.74, 6) is 0.113. The lowest BCUT2D eigenvalue weighted by Gasteiger charge is -2.44. The van der Waals surface area contributed by atoms with Gasteiger partial charge < -0.3 is 25.4 Å². The van der Waals surface area contributed by atoms with E-state index in [1.54, 1.807) is 20.1 Å². The normalized spacial score (nSPS) is 40.6. The van der Waals surface area contributed by atoms with Crippen LogP contribution in [0.1, 0.15) is 41.4 Å². The number of nitrogens with zero attached hydrogens (tertiary/aromatic N) is 1. The molecule has 2 heterocycles. The van der Waals surface area contributed by atoms with Gasteiger partial charge >= 0.3 is 0 Å². The predicted molar refractivity (Wildman–Crippen MR) is 111 cm³/mol. The Morgan fingerprint density at radius 3 is 2.57 bits per heavy atom. The van der Waals surface area contributed by atoms with Crippen LogP contribution in [0.2, 0.25) is 0 Å². The Hall–Kier alpha value is -0.0900. The van der Waals surface area contributed by atoms with Gasteiger partial charge in [-0.05, 0) is 38.5 Å². The molecule has 1 unspecified atom stereocenters. The molecule has 7 nitrogen and oxygen atoms in total. The van der Waals surface area contributed by atoms with E-state index in [0.717, 1.165) is 12.8 Å². The molecular formula is C19H35ClN2O5S. The van der Waals surface area contributed by atoms with Crippen LogP contribution in [0, 0.1) is 5.92 Å². The first-order chi connectivity index (χ1) is 13.6. The van der Waals surface area contributed by atoms with Gasteiger partial charge in [-0.1, -0.05) is 20.3 Å². The van der Waals surface area contributed by atoms with Crippen LogP contribution < -0.4 is 5.32 Å². The maximum absolute atomic E-state index is 13.1. The number of nitrogens with one attached hydrogen (secondary N) is 1. The van der Waals surface area contributed by atoms with Gasteiger partial charge in [-0.3, -0.25) is 9.69 Å². The van der Waals surface area contributed by atoms with E-state index < -0.39 is 53.8 Å². The molecule has 2 aliphatic heterocycles. The first-order valence-electron chi connectivity index (χ1n) is 10.5. The number of rotatable bonds is 8.